The van der Waals surface area contributed by atoms with Crippen molar-refractivity contribution in [2.45, 2.75) is 31.7 Å². The Bertz CT molecular complexity index is 770. The predicted octanol–water partition coefficient (Wildman–Crippen LogP) is 0.193. The number of urea groups is 1. The smallest absolute Gasteiger partial charge is 0.318 e. The lowest BCUT2D eigenvalue weighted by Gasteiger charge is -2.36. The molecule has 0 aromatic heterocycles. The second kappa shape index (κ2) is 7.51. The van der Waals surface area contributed by atoms with Crippen molar-refractivity contribution in [2.75, 3.05) is 26.2 Å². The lowest BCUT2D eigenvalue weighted by atomic mass is 10.2. The van der Waals surface area contributed by atoms with E-state index in [-0.39, 0.29) is 13.1 Å². The van der Waals surface area contributed by atoms with Gasteiger partial charge in [-0.3, -0.25) is 15.0 Å². The summed E-state index contributed by atoms with van der Waals surface area (Å²) in [6.07, 6.45) is 0. The Hall–Kier alpha value is -1.97. The molecule has 0 aliphatic carbocycles. The van der Waals surface area contributed by atoms with Crippen molar-refractivity contribution in [3.05, 3.63) is 29.3 Å². The van der Waals surface area contributed by atoms with Gasteiger partial charge in [0.25, 0.3) is 0 Å². The quantitative estimate of drug-likeness (QED) is 0.788. The number of rotatable bonds is 4. The number of nitrogens with zero attached hydrogens (tertiary/aromatic N) is 2. The van der Waals surface area contributed by atoms with Gasteiger partial charge in [0, 0.05) is 26.2 Å². The molecular formula is C16H24N4O4S. The summed E-state index contributed by atoms with van der Waals surface area (Å²) in [5.74, 6) is -0.488. The predicted molar refractivity (Wildman–Crippen MR) is 93.4 cm³/mol. The van der Waals surface area contributed by atoms with Crippen LogP contribution in [0.25, 0.3) is 0 Å². The minimum absolute atomic E-state index is 0.282. The second-order valence-corrected chi connectivity index (χ2v) is 8.14. The Balaban J connectivity index is 2.07. The van der Waals surface area contributed by atoms with Gasteiger partial charge >= 0.3 is 6.03 Å². The molecule has 0 saturated carbocycles. The Morgan fingerprint density at radius 3 is 2.32 bits per heavy atom. The first-order chi connectivity index (χ1) is 11.6. The molecule has 8 nitrogen and oxygen atoms in total. The average molecular weight is 368 g/mol. The number of carbonyl (C=O) groups excluding carboxylic acids is 2. The molecule has 0 radical (unpaired) electrons. The van der Waals surface area contributed by atoms with Crippen LogP contribution < -0.4 is 11.1 Å². The summed E-state index contributed by atoms with van der Waals surface area (Å²) in [5, 5.41) is 2.05. The number of aryl methyl sites for hydroxylation is 2. The maximum absolute atomic E-state index is 12.9. The van der Waals surface area contributed by atoms with Crippen molar-refractivity contribution in [3.8, 4) is 0 Å². The maximum atomic E-state index is 12.9. The van der Waals surface area contributed by atoms with E-state index in [1.165, 1.54) is 4.31 Å². The molecule has 1 fully saturated rings. The van der Waals surface area contributed by atoms with Gasteiger partial charge in [-0.2, -0.15) is 4.31 Å². The van der Waals surface area contributed by atoms with E-state index in [1.807, 2.05) is 23.2 Å². The third kappa shape index (κ3) is 4.36. The highest BCUT2D eigenvalue weighted by Gasteiger charge is 2.32. The van der Waals surface area contributed by atoms with Crippen LogP contribution in [0.1, 0.15) is 18.1 Å². The number of nitrogens with one attached hydrogen (secondary N) is 1. The van der Waals surface area contributed by atoms with E-state index in [9.17, 15) is 18.0 Å². The van der Waals surface area contributed by atoms with E-state index in [0.717, 1.165) is 5.56 Å². The van der Waals surface area contributed by atoms with Gasteiger partial charge < -0.3 is 5.73 Å². The molecule has 1 aromatic carbocycles. The molecule has 1 atom stereocenters. The zero-order valence-corrected chi connectivity index (χ0v) is 15.5. The number of primary amides is 1. The summed E-state index contributed by atoms with van der Waals surface area (Å²) in [6.45, 7) is 6.66. The van der Waals surface area contributed by atoms with Crippen LogP contribution in [0.3, 0.4) is 0 Å². The number of sulfonamides is 1. The van der Waals surface area contributed by atoms with E-state index >= 15 is 0 Å². The van der Waals surface area contributed by atoms with Crippen LogP contribution in [0.2, 0.25) is 0 Å². The molecule has 25 heavy (non-hydrogen) atoms. The lowest BCUT2D eigenvalue weighted by Crippen LogP contribution is -2.55. The molecule has 1 saturated heterocycles. The van der Waals surface area contributed by atoms with Gasteiger partial charge in [0.1, 0.15) is 0 Å². The number of hydrogen-bond acceptors (Lipinski definition) is 5. The first kappa shape index (κ1) is 19.4. The molecule has 0 bridgehead atoms. The van der Waals surface area contributed by atoms with Crippen LogP contribution in [0, 0.1) is 13.8 Å². The van der Waals surface area contributed by atoms with Crippen LogP contribution in [0.15, 0.2) is 23.1 Å². The SMILES string of the molecule is Cc1ccc(C)c(S(=O)(=O)N2CCN(C(C)C(=O)NC(N)=O)CC2)c1. The van der Waals surface area contributed by atoms with Gasteiger partial charge in [-0.25, -0.2) is 13.2 Å². The molecule has 2 rings (SSSR count). The van der Waals surface area contributed by atoms with E-state index in [1.54, 1.807) is 26.0 Å². The molecule has 0 spiro atoms. The molecule has 3 amide bonds. The lowest BCUT2D eigenvalue weighted by molar-refractivity contribution is -0.125. The number of amides is 3. The summed E-state index contributed by atoms with van der Waals surface area (Å²) >= 11 is 0. The number of benzene rings is 1. The second-order valence-electron chi connectivity index (χ2n) is 6.24. The van der Waals surface area contributed by atoms with Crippen molar-refractivity contribution in [1.29, 1.82) is 0 Å². The number of piperazine rings is 1. The van der Waals surface area contributed by atoms with Gasteiger partial charge in [0.2, 0.25) is 15.9 Å². The number of carbonyl (C=O) groups is 2. The summed E-state index contributed by atoms with van der Waals surface area (Å²) in [7, 11) is -3.57. The fourth-order valence-electron chi connectivity index (χ4n) is 2.85. The minimum atomic E-state index is -3.57. The van der Waals surface area contributed by atoms with Gasteiger partial charge in [-0.05, 0) is 38.0 Å². The number of imide groups is 1. The summed E-state index contributed by atoms with van der Waals surface area (Å²) in [5.41, 5.74) is 6.55. The van der Waals surface area contributed by atoms with Gasteiger partial charge in [0.15, 0.2) is 0 Å². The molecule has 1 unspecified atom stereocenters. The molecule has 3 N–H and O–H groups in total. The van der Waals surface area contributed by atoms with E-state index in [0.29, 0.717) is 23.5 Å². The normalized spacial score (nSPS) is 17.9. The van der Waals surface area contributed by atoms with E-state index < -0.39 is 28.0 Å². The molecule has 1 aliphatic rings. The summed E-state index contributed by atoms with van der Waals surface area (Å²) < 4.78 is 27.2. The highest BCUT2D eigenvalue weighted by molar-refractivity contribution is 7.89. The average Bonchev–Trinajstić information content (AvgIpc) is 2.55. The monoisotopic (exact) mass is 368 g/mol. The Morgan fingerprint density at radius 2 is 1.76 bits per heavy atom. The highest BCUT2D eigenvalue weighted by Crippen LogP contribution is 2.22. The first-order valence-electron chi connectivity index (χ1n) is 8.04. The third-order valence-corrected chi connectivity index (χ3v) is 6.45. The van der Waals surface area contributed by atoms with Gasteiger partial charge in [0.05, 0.1) is 10.9 Å². The van der Waals surface area contributed by atoms with Crippen molar-refractivity contribution in [3.63, 3.8) is 0 Å². The molecule has 1 aliphatic heterocycles. The molecule has 1 aromatic rings. The van der Waals surface area contributed by atoms with Crippen LogP contribution in [0.4, 0.5) is 4.79 Å². The van der Waals surface area contributed by atoms with Crippen molar-refractivity contribution >= 4 is 22.0 Å². The number of nitrogens with two attached hydrogens (primary N) is 1. The summed E-state index contributed by atoms with van der Waals surface area (Å²) in [6, 6.07) is 3.91. The van der Waals surface area contributed by atoms with Crippen molar-refractivity contribution in [1.82, 2.24) is 14.5 Å². The fraction of sp³-hybridized carbons (Fsp3) is 0.500. The highest BCUT2D eigenvalue weighted by atomic mass is 32.2. The van der Waals surface area contributed by atoms with Crippen LogP contribution in [-0.2, 0) is 14.8 Å². The zero-order valence-electron chi connectivity index (χ0n) is 14.7. The largest absolute Gasteiger partial charge is 0.351 e. The standard InChI is InChI=1S/C16H24N4O4S/c1-11-4-5-12(2)14(10-11)25(23,24)20-8-6-19(7-9-20)13(3)15(21)18-16(17)22/h4-5,10,13H,6-9H2,1-3H3,(H3,17,18,21,22). The van der Waals surface area contributed by atoms with Crippen LogP contribution >= 0.6 is 0 Å². The zero-order chi connectivity index (χ0) is 18.8. The van der Waals surface area contributed by atoms with Crippen LogP contribution in [-0.4, -0.2) is 61.8 Å². The van der Waals surface area contributed by atoms with E-state index in [4.69, 9.17) is 5.73 Å². The van der Waals surface area contributed by atoms with Gasteiger partial charge in [-0.15, -0.1) is 0 Å². The van der Waals surface area contributed by atoms with Crippen LogP contribution in [0.5, 0.6) is 0 Å². The Morgan fingerprint density at radius 1 is 1.16 bits per heavy atom. The fourth-order valence-corrected chi connectivity index (χ4v) is 4.58. The number of hydrogen-bond donors (Lipinski definition) is 2. The summed E-state index contributed by atoms with van der Waals surface area (Å²) in [4.78, 5) is 24.8. The topological polar surface area (TPSA) is 113 Å². The Labute approximate surface area is 148 Å². The molecule has 9 heteroatoms. The molecule has 138 valence electrons. The maximum Gasteiger partial charge on any atom is 0.318 e. The molecular weight excluding hydrogens is 344 g/mol. The minimum Gasteiger partial charge on any atom is -0.351 e. The van der Waals surface area contributed by atoms with Gasteiger partial charge in [-0.1, -0.05) is 12.1 Å². The van der Waals surface area contributed by atoms with E-state index in [2.05, 4.69) is 0 Å². The third-order valence-electron chi connectivity index (χ3n) is 4.41. The Kier molecular flexibility index (Phi) is 5.81. The first-order valence-corrected chi connectivity index (χ1v) is 9.48. The molecule has 1 heterocycles. The van der Waals surface area contributed by atoms with Crippen molar-refractivity contribution in [2.24, 2.45) is 5.73 Å². The van der Waals surface area contributed by atoms with Crippen molar-refractivity contribution < 1.29 is 18.0 Å².